The van der Waals surface area contributed by atoms with Gasteiger partial charge in [-0.3, -0.25) is 29.3 Å². The molecule has 3 heterocycles. The highest BCUT2D eigenvalue weighted by molar-refractivity contribution is 6.34. The van der Waals surface area contributed by atoms with Crippen molar-refractivity contribution in [1.82, 2.24) is 25.7 Å². The Balaban J connectivity index is 0.960. The summed E-state index contributed by atoms with van der Waals surface area (Å²) in [5.41, 5.74) is 7.03. The molecule has 0 radical (unpaired) electrons. The second-order valence-electron chi connectivity index (χ2n) is 15.6. The van der Waals surface area contributed by atoms with Gasteiger partial charge in [0.2, 0.25) is 17.7 Å². The van der Waals surface area contributed by atoms with Crippen LogP contribution < -0.4 is 36.1 Å². The van der Waals surface area contributed by atoms with Crippen LogP contribution in [0.4, 0.5) is 19.4 Å². The third-order valence-corrected chi connectivity index (χ3v) is 12.5. The molecule has 60 heavy (non-hydrogen) atoms. The number of carbonyl (C=O) groups is 4. The maximum absolute atomic E-state index is 16.1. The molecule has 1 aromatic heterocycles. The number of fused-ring (bicyclic) bond motifs is 2. The Kier molecular flexibility index (Phi) is 11.0. The Morgan fingerprint density at radius 2 is 1.80 bits per heavy atom. The molecule has 2 atom stereocenters. The molecule has 0 spiro atoms. The van der Waals surface area contributed by atoms with E-state index in [9.17, 15) is 19.2 Å². The van der Waals surface area contributed by atoms with E-state index in [4.69, 9.17) is 26.8 Å². The first kappa shape index (κ1) is 40.7. The highest BCUT2D eigenvalue weighted by atomic mass is 35.5. The van der Waals surface area contributed by atoms with E-state index in [2.05, 4.69) is 21.0 Å². The van der Waals surface area contributed by atoms with Crippen LogP contribution in [0.15, 0.2) is 66.7 Å². The zero-order valence-corrected chi connectivity index (χ0v) is 34.0. The zero-order valence-electron chi connectivity index (χ0n) is 33.2. The topological polar surface area (TPSA) is 170 Å². The minimum atomic E-state index is -1.10. The van der Waals surface area contributed by atoms with Crippen LogP contribution in [-0.2, 0) is 28.8 Å². The lowest BCUT2D eigenvalue weighted by atomic mass is 9.77. The van der Waals surface area contributed by atoms with Crippen molar-refractivity contribution in [3.63, 3.8) is 0 Å². The van der Waals surface area contributed by atoms with Gasteiger partial charge in [-0.2, -0.15) is 5.10 Å². The Morgan fingerprint density at radius 1 is 1.05 bits per heavy atom. The number of anilines is 1. The van der Waals surface area contributed by atoms with Gasteiger partial charge in [0.15, 0.2) is 23.0 Å². The largest absolute Gasteiger partial charge is 0.494 e. The van der Waals surface area contributed by atoms with E-state index in [1.54, 1.807) is 11.7 Å². The molecule has 3 aliphatic rings. The average Bonchev–Trinajstić information content (AvgIpc) is 3.72. The second-order valence-corrected chi connectivity index (χ2v) is 16.0. The van der Waals surface area contributed by atoms with Gasteiger partial charge in [-0.25, -0.2) is 13.6 Å². The van der Waals surface area contributed by atoms with E-state index in [-0.39, 0.29) is 76.5 Å². The maximum atomic E-state index is 16.1. The van der Waals surface area contributed by atoms with E-state index in [0.717, 1.165) is 22.0 Å². The quantitative estimate of drug-likeness (QED) is 0.116. The van der Waals surface area contributed by atoms with Gasteiger partial charge in [-0.05, 0) is 61.1 Å². The molecule has 2 aliphatic heterocycles. The number of benzene rings is 4. The zero-order chi connectivity index (χ0) is 42.5. The average molecular weight is 840 g/mol. The molecule has 5 amide bonds. The molecule has 1 saturated carbocycles. The molecule has 312 valence electrons. The fourth-order valence-electron chi connectivity index (χ4n) is 8.93. The van der Waals surface area contributed by atoms with Gasteiger partial charge in [-0.1, -0.05) is 54.9 Å². The first-order valence-corrected chi connectivity index (χ1v) is 20.2. The molecule has 16 heteroatoms. The summed E-state index contributed by atoms with van der Waals surface area (Å²) in [6.07, 6.45) is 2.93. The molecule has 0 unspecified atom stereocenters. The molecule has 4 aromatic carbocycles. The van der Waals surface area contributed by atoms with Crippen LogP contribution in [-0.4, -0.2) is 59.8 Å². The number of primary amides is 1. The van der Waals surface area contributed by atoms with Gasteiger partial charge in [0.25, 0.3) is 0 Å². The summed E-state index contributed by atoms with van der Waals surface area (Å²) in [7, 11) is 3.07. The number of hydrogen-bond acceptors (Lipinski definition) is 8. The third kappa shape index (κ3) is 7.19. The van der Waals surface area contributed by atoms with Gasteiger partial charge < -0.3 is 25.8 Å². The summed E-state index contributed by atoms with van der Waals surface area (Å²) < 4.78 is 45.5. The number of hydrogen-bond donors (Lipinski definition) is 4. The van der Waals surface area contributed by atoms with Crippen molar-refractivity contribution >= 4 is 52.1 Å². The minimum absolute atomic E-state index is 0.0242. The molecule has 5 N–H and O–H groups in total. The number of nitrogens with one attached hydrogen (secondary N) is 3. The van der Waals surface area contributed by atoms with Gasteiger partial charge in [0.05, 0.1) is 23.2 Å². The molecular formula is C44H44ClF2N7O6. The van der Waals surface area contributed by atoms with E-state index in [1.165, 1.54) is 30.2 Å². The number of nitrogens with zero attached hydrogens (tertiary/aromatic N) is 3. The van der Waals surface area contributed by atoms with E-state index < -0.39 is 35.1 Å². The molecule has 13 nitrogen and oxygen atoms in total. The number of nitrogens with two attached hydrogens (primary N) is 1. The van der Waals surface area contributed by atoms with Gasteiger partial charge in [-0.15, -0.1) is 0 Å². The normalized spacial score (nSPS) is 21.4. The minimum Gasteiger partial charge on any atom is -0.494 e. The van der Waals surface area contributed by atoms with Crippen LogP contribution in [0.3, 0.4) is 0 Å². The van der Waals surface area contributed by atoms with E-state index in [0.29, 0.717) is 43.6 Å². The molecule has 8 rings (SSSR count). The van der Waals surface area contributed by atoms with Crippen molar-refractivity contribution < 1.29 is 37.4 Å². The Labute approximate surface area is 349 Å². The van der Waals surface area contributed by atoms with Crippen molar-refractivity contribution in [3.8, 4) is 22.6 Å². The number of halogens is 3. The van der Waals surface area contributed by atoms with Crippen molar-refractivity contribution in [2.45, 2.75) is 63.1 Å². The lowest BCUT2D eigenvalue weighted by Crippen LogP contribution is -2.49. The van der Waals surface area contributed by atoms with Crippen molar-refractivity contribution in [2.24, 2.45) is 18.7 Å². The maximum Gasteiger partial charge on any atom is 0.329 e. The Hall–Kier alpha value is -6.06. The van der Waals surface area contributed by atoms with Crippen LogP contribution in [0, 0.1) is 17.6 Å². The first-order valence-electron chi connectivity index (χ1n) is 19.8. The van der Waals surface area contributed by atoms with Crippen molar-refractivity contribution in [1.29, 1.82) is 0 Å². The number of rotatable bonds is 11. The summed E-state index contributed by atoms with van der Waals surface area (Å²) in [5, 5.41) is 14.0. The highest BCUT2D eigenvalue weighted by Gasteiger charge is 2.50. The number of urea groups is 1. The number of amides is 5. The number of methoxy groups -OCH3 is 1. The fourth-order valence-corrected chi connectivity index (χ4v) is 9.18. The predicted octanol–water partition coefficient (Wildman–Crippen LogP) is 6.58. The van der Waals surface area contributed by atoms with Gasteiger partial charge >= 0.3 is 6.03 Å². The lowest BCUT2D eigenvalue weighted by Gasteiger charge is -2.37. The molecule has 2 fully saturated rings. The van der Waals surface area contributed by atoms with Crippen LogP contribution in [0.2, 0.25) is 5.02 Å². The van der Waals surface area contributed by atoms with Crippen LogP contribution in [0.5, 0.6) is 11.5 Å². The number of imide groups is 1. The summed E-state index contributed by atoms with van der Waals surface area (Å²) in [5.74, 6) is -3.27. The molecule has 0 bridgehead atoms. The third-order valence-electron chi connectivity index (χ3n) is 12.2. The summed E-state index contributed by atoms with van der Waals surface area (Å²) >= 11 is 6.66. The first-order chi connectivity index (χ1) is 28.8. The van der Waals surface area contributed by atoms with E-state index >= 15 is 8.78 Å². The highest BCUT2D eigenvalue weighted by Crippen LogP contribution is 2.56. The number of carbonyl (C=O) groups excluding carboxylic acids is 4. The smallest absolute Gasteiger partial charge is 0.329 e. The number of aromatic nitrogens is 2. The summed E-state index contributed by atoms with van der Waals surface area (Å²) in [6.45, 7) is 2.75. The van der Waals surface area contributed by atoms with Crippen molar-refractivity contribution in [3.05, 3.63) is 106 Å². The summed E-state index contributed by atoms with van der Waals surface area (Å²) in [4.78, 5) is 51.6. The lowest BCUT2D eigenvalue weighted by molar-refractivity contribution is -0.126. The SMILES string of the molecule is COc1ccc(C(N)=O)c(-c2c(Cl)c(F)cc3c2[C@H](C)[C@@](CNC2CCC(C(=O)NCc4ccc5c(N6CCC(=O)NC6=O)nn(C)c5c4)CC2)(c2ccccc2)O3)c1F. The van der Waals surface area contributed by atoms with Crippen LogP contribution >= 0.6 is 11.6 Å². The molecule has 1 aliphatic carbocycles. The fraction of sp³-hybridized carbons (Fsp3) is 0.341. The van der Waals surface area contributed by atoms with E-state index in [1.807, 2.05) is 55.5 Å². The number of ether oxygens (including phenoxy) is 2. The molecule has 5 aromatic rings. The van der Waals surface area contributed by atoms with Gasteiger partial charge in [0.1, 0.15) is 11.6 Å². The van der Waals surface area contributed by atoms with Crippen molar-refractivity contribution in [2.75, 3.05) is 25.1 Å². The van der Waals surface area contributed by atoms with Crippen LogP contribution in [0.1, 0.15) is 72.0 Å². The second kappa shape index (κ2) is 16.2. The predicted molar refractivity (Wildman–Crippen MR) is 221 cm³/mol. The molecular weight excluding hydrogens is 796 g/mol. The standard InChI is InChI=1S/C44H44ClF2N7O6/c1-23-35-33(20-30(46)38(45)37(35)36-29(40(48)56)15-16-32(59-3)39(36)47)60-44(23,26-7-5-4-6-8-26)22-50-27-12-10-25(11-13-27)42(57)49-21-24-9-14-28-31(19-24)53(2)52-41(28)54-18-17-34(55)51-43(54)58/h4-9,14-16,19-20,23,25,27,50H,10-13,17-18,21-22H2,1-3H3,(H2,48,56)(H,49,57)(H,51,55,58)/t23-,25?,27?,44-/m0/s1. The van der Waals surface area contributed by atoms with Crippen LogP contribution in [0.25, 0.3) is 22.0 Å². The van der Waals surface area contributed by atoms with Gasteiger partial charge in [0, 0.05) is 79.1 Å². The Bertz CT molecular complexity index is 2540. The summed E-state index contributed by atoms with van der Waals surface area (Å²) in [6, 6.07) is 18.5. The molecule has 1 saturated heterocycles. The Morgan fingerprint density at radius 3 is 2.50 bits per heavy atom. The monoisotopic (exact) mass is 839 g/mol. The number of aryl methyl sites for hydroxylation is 1.